The molecule has 7 heteroatoms. The van der Waals surface area contributed by atoms with E-state index < -0.39 is 11.6 Å². The Morgan fingerprint density at radius 1 is 1.23 bits per heavy atom. The third-order valence-electron chi connectivity index (χ3n) is 4.69. The lowest BCUT2D eigenvalue weighted by Crippen LogP contribution is -2.45. The molecule has 1 aliphatic heterocycles. The summed E-state index contributed by atoms with van der Waals surface area (Å²) in [5, 5.41) is 6.70. The first kappa shape index (κ1) is 18.1. The van der Waals surface area contributed by atoms with Crippen molar-refractivity contribution in [2.24, 2.45) is 0 Å². The molecule has 1 aromatic carbocycles. The molecule has 1 aliphatic rings. The van der Waals surface area contributed by atoms with Crippen molar-refractivity contribution in [1.29, 1.82) is 0 Å². The Bertz CT molecular complexity index is 807. The molecule has 0 aliphatic carbocycles. The molecular formula is C19H21N3O3S. The number of thiophene rings is 1. The van der Waals surface area contributed by atoms with Crippen molar-refractivity contribution in [2.75, 3.05) is 13.6 Å². The standard InChI is InChI=1S/C19H21N3O3S/c1-3-19(15-7-5-4-6-8-15)17(24)22(18(25)20-19)12-16(23)21(2)11-14-9-10-26-13-14/h4-10,13H,3,11-12H2,1-2H3,(H,20,25). The van der Waals surface area contributed by atoms with Crippen LogP contribution in [-0.2, 0) is 21.7 Å². The smallest absolute Gasteiger partial charge is 0.325 e. The van der Waals surface area contributed by atoms with Crippen molar-refractivity contribution >= 4 is 29.2 Å². The predicted molar refractivity (Wildman–Crippen MR) is 99.4 cm³/mol. The number of hydrogen-bond acceptors (Lipinski definition) is 4. The van der Waals surface area contributed by atoms with E-state index in [4.69, 9.17) is 0 Å². The molecular weight excluding hydrogens is 350 g/mol. The van der Waals surface area contributed by atoms with Crippen LogP contribution in [0, 0.1) is 0 Å². The summed E-state index contributed by atoms with van der Waals surface area (Å²) in [5.41, 5.74) is 0.641. The van der Waals surface area contributed by atoms with Gasteiger partial charge in [-0.15, -0.1) is 0 Å². The third-order valence-corrected chi connectivity index (χ3v) is 5.42. The molecule has 6 nitrogen and oxygen atoms in total. The van der Waals surface area contributed by atoms with E-state index in [1.165, 1.54) is 4.90 Å². The fourth-order valence-corrected chi connectivity index (χ4v) is 3.79. The SMILES string of the molecule is CCC1(c2ccccc2)NC(=O)N(CC(=O)N(C)Cc2ccsc2)C1=O. The third kappa shape index (κ3) is 3.22. The molecule has 1 aromatic heterocycles. The monoisotopic (exact) mass is 371 g/mol. The van der Waals surface area contributed by atoms with E-state index in [-0.39, 0.29) is 18.4 Å². The van der Waals surface area contributed by atoms with Gasteiger partial charge in [-0.2, -0.15) is 11.3 Å². The number of nitrogens with one attached hydrogen (secondary N) is 1. The zero-order valence-corrected chi connectivity index (χ0v) is 15.6. The second-order valence-electron chi connectivity index (χ2n) is 6.33. The average Bonchev–Trinajstić information content (AvgIpc) is 3.24. The molecule has 0 saturated carbocycles. The average molecular weight is 371 g/mol. The molecule has 2 heterocycles. The molecule has 1 N–H and O–H groups in total. The summed E-state index contributed by atoms with van der Waals surface area (Å²) < 4.78 is 0. The van der Waals surface area contributed by atoms with Crippen LogP contribution in [0.25, 0.3) is 0 Å². The van der Waals surface area contributed by atoms with Crippen LogP contribution < -0.4 is 5.32 Å². The number of likely N-dealkylation sites (N-methyl/N-ethyl adjacent to an activating group) is 1. The molecule has 1 unspecified atom stereocenters. The van der Waals surface area contributed by atoms with Crippen molar-refractivity contribution in [3.63, 3.8) is 0 Å². The molecule has 1 fully saturated rings. The molecule has 0 bridgehead atoms. The highest BCUT2D eigenvalue weighted by molar-refractivity contribution is 7.07. The van der Waals surface area contributed by atoms with E-state index in [0.717, 1.165) is 16.0 Å². The van der Waals surface area contributed by atoms with Gasteiger partial charge in [0.2, 0.25) is 5.91 Å². The van der Waals surface area contributed by atoms with Crippen LogP contribution in [0.2, 0.25) is 0 Å². The molecule has 0 spiro atoms. The van der Waals surface area contributed by atoms with Gasteiger partial charge < -0.3 is 10.2 Å². The van der Waals surface area contributed by atoms with Gasteiger partial charge in [-0.1, -0.05) is 37.3 Å². The zero-order valence-electron chi connectivity index (χ0n) is 14.8. The molecule has 0 radical (unpaired) electrons. The van der Waals surface area contributed by atoms with Crippen LogP contribution in [0.4, 0.5) is 4.79 Å². The maximum absolute atomic E-state index is 13.0. The number of amides is 4. The minimum atomic E-state index is -1.11. The summed E-state index contributed by atoms with van der Waals surface area (Å²) in [6.07, 6.45) is 0.414. The van der Waals surface area contributed by atoms with Gasteiger partial charge in [0, 0.05) is 13.6 Å². The molecule has 1 saturated heterocycles. The Labute approximate surface area is 156 Å². The number of benzene rings is 1. The van der Waals surface area contributed by atoms with E-state index in [9.17, 15) is 14.4 Å². The summed E-state index contributed by atoms with van der Waals surface area (Å²) in [5.74, 6) is -0.659. The van der Waals surface area contributed by atoms with Crippen LogP contribution in [0.5, 0.6) is 0 Å². The van der Waals surface area contributed by atoms with Gasteiger partial charge in [0.1, 0.15) is 12.1 Å². The molecule has 2 aromatic rings. The first-order valence-electron chi connectivity index (χ1n) is 8.42. The quantitative estimate of drug-likeness (QED) is 0.794. The Morgan fingerprint density at radius 3 is 2.58 bits per heavy atom. The summed E-state index contributed by atoms with van der Waals surface area (Å²) in [4.78, 5) is 40.5. The normalized spacial score (nSPS) is 19.5. The number of rotatable bonds is 6. The lowest BCUT2D eigenvalue weighted by Gasteiger charge is -2.26. The molecule has 136 valence electrons. The highest BCUT2D eigenvalue weighted by Crippen LogP contribution is 2.32. The Hall–Kier alpha value is -2.67. The minimum absolute atomic E-state index is 0.264. The van der Waals surface area contributed by atoms with Crippen molar-refractivity contribution < 1.29 is 14.4 Å². The fourth-order valence-electron chi connectivity index (χ4n) is 3.13. The van der Waals surface area contributed by atoms with Crippen molar-refractivity contribution in [2.45, 2.75) is 25.4 Å². The summed E-state index contributed by atoms with van der Waals surface area (Å²) >= 11 is 1.56. The number of imide groups is 1. The molecule has 26 heavy (non-hydrogen) atoms. The largest absolute Gasteiger partial charge is 0.340 e. The van der Waals surface area contributed by atoms with Gasteiger partial charge >= 0.3 is 6.03 Å². The van der Waals surface area contributed by atoms with Crippen LogP contribution >= 0.6 is 11.3 Å². The van der Waals surface area contributed by atoms with Crippen LogP contribution in [0.15, 0.2) is 47.2 Å². The molecule has 3 rings (SSSR count). The fraction of sp³-hybridized carbons (Fsp3) is 0.316. The van der Waals surface area contributed by atoms with Crippen LogP contribution in [0.3, 0.4) is 0 Å². The van der Waals surface area contributed by atoms with Crippen molar-refractivity contribution in [3.05, 3.63) is 58.3 Å². The number of nitrogens with zero attached hydrogens (tertiary/aromatic N) is 2. The summed E-state index contributed by atoms with van der Waals surface area (Å²) in [6, 6.07) is 10.6. The Balaban J connectivity index is 1.75. The zero-order chi connectivity index (χ0) is 18.7. The van der Waals surface area contributed by atoms with E-state index in [2.05, 4.69) is 5.32 Å². The highest BCUT2D eigenvalue weighted by atomic mass is 32.1. The first-order valence-corrected chi connectivity index (χ1v) is 9.37. The van der Waals surface area contributed by atoms with Gasteiger partial charge in [-0.25, -0.2) is 4.79 Å². The topological polar surface area (TPSA) is 69.7 Å². The highest BCUT2D eigenvalue weighted by Gasteiger charge is 2.51. The number of hydrogen-bond donors (Lipinski definition) is 1. The predicted octanol–water partition coefficient (Wildman–Crippen LogP) is 2.56. The number of urea groups is 1. The van der Waals surface area contributed by atoms with Gasteiger partial charge in [0.25, 0.3) is 5.91 Å². The maximum Gasteiger partial charge on any atom is 0.325 e. The van der Waals surface area contributed by atoms with Gasteiger partial charge in [0.05, 0.1) is 0 Å². The van der Waals surface area contributed by atoms with Crippen molar-refractivity contribution in [1.82, 2.24) is 15.1 Å². The Morgan fingerprint density at radius 2 is 1.96 bits per heavy atom. The van der Waals surface area contributed by atoms with E-state index in [1.807, 2.05) is 54.1 Å². The number of carbonyl (C=O) groups is 3. The Kier molecular flexibility index (Phi) is 5.08. The molecule has 4 amide bonds. The first-order chi connectivity index (χ1) is 12.5. The van der Waals surface area contributed by atoms with E-state index in [1.54, 1.807) is 18.4 Å². The lowest BCUT2D eigenvalue weighted by molar-refractivity contribution is -0.138. The second-order valence-corrected chi connectivity index (χ2v) is 7.11. The maximum atomic E-state index is 13.0. The van der Waals surface area contributed by atoms with Gasteiger partial charge in [-0.3, -0.25) is 14.5 Å². The van der Waals surface area contributed by atoms with E-state index >= 15 is 0 Å². The summed E-state index contributed by atoms with van der Waals surface area (Å²) in [7, 11) is 1.67. The van der Waals surface area contributed by atoms with E-state index in [0.29, 0.717) is 13.0 Å². The van der Waals surface area contributed by atoms with Gasteiger partial charge in [0.15, 0.2) is 0 Å². The van der Waals surface area contributed by atoms with Gasteiger partial charge in [-0.05, 0) is 34.4 Å². The summed E-state index contributed by atoms with van der Waals surface area (Å²) in [6.45, 7) is 2.03. The number of carbonyl (C=O) groups excluding carboxylic acids is 3. The second kappa shape index (κ2) is 7.29. The lowest BCUT2D eigenvalue weighted by atomic mass is 9.87. The van der Waals surface area contributed by atoms with Crippen molar-refractivity contribution in [3.8, 4) is 0 Å². The van der Waals surface area contributed by atoms with Crippen LogP contribution in [0.1, 0.15) is 24.5 Å². The minimum Gasteiger partial charge on any atom is -0.340 e. The molecule has 1 atom stereocenters. The van der Waals surface area contributed by atoms with Crippen LogP contribution in [-0.4, -0.2) is 41.2 Å².